The van der Waals surface area contributed by atoms with E-state index in [0.29, 0.717) is 19.5 Å². The van der Waals surface area contributed by atoms with Gasteiger partial charge in [0.1, 0.15) is 6.54 Å². The van der Waals surface area contributed by atoms with Crippen LogP contribution in [0.3, 0.4) is 0 Å². The third kappa shape index (κ3) is 2.78. The average Bonchev–Trinajstić information content (AvgIpc) is 3.05. The number of hydrogen-bond acceptors (Lipinski definition) is 4. The maximum Gasteiger partial charge on any atom is 0.242 e. The third-order valence-corrected chi connectivity index (χ3v) is 5.53. The normalized spacial score (nSPS) is 19.3. The first-order valence-corrected chi connectivity index (χ1v) is 8.77. The summed E-state index contributed by atoms with van der Waals surface area (Å²) in [5, 5.41) is -0.430. The molecule has 1 amide bonds. The smallest absolute Gasteiger partial charge is 0.242 e. The summed E-state index contributed by atoms with van der Waals surface area (Å²) < 4.78 is 24.9. The quantitative estimate of drug-likeness (QED) is 0.836. The third-order valence-electron chi connectivity index (χ3n) is 3.94. The summed E-state index contributed by atoms with van der Waals surface area (Å²) >= 11 is 0. The van der Waals surface area contributed by atoms with Crippen LogP contribution in [0.2, 0.25) is 0 Å². The molecule has 0 aliphatic carbocycles. The van der Waals surface area contributed by atoms with Gasteiger partial charge in [-0.25, -0.2) is 13.4 Å². The van der Waals surface area contributed by atoms with Crippen LogP contribution in [0, 0.1) is 0 Å². The average molecular weight is 307 g/mol. The second-order valence-corrected chi connectivity index (χ2v) is 7.77. The molecule has 1 unspecified atom stereocenters. The summed E-state index contributed by atoms with van der Waals surface area (Å²) in [6.07, 6.45) is 3.40. The molecule has 21 heavy (non-hydrogen) atoms. The van der Waals surface area contributed by atoms with E-state index >= 15 is 0 Å². The van der Waals surface area contributed by atoms with Gasteiger partial charge in [0, 0.05) is 19.3 Å². The molecule has 6 nitrogen and oxygen atoms in total. The standard InChI is InChI=1S/C14H17N3O3S/c1-21(19,20)11-6-7-16(8-11)14(18)9-17-10-15-12-4-2-3-5-13(12)17/h2-5,10-11H,6-9H2,1H3. The lowest BCUT2D eigenvalue weighted by Crippen LogP contribution is -2.33. The summed E-state index contributed by atoms with van der Waals surface area (Å²) in [6.45, 7) is 0.991. The van der Waals surface area contributed by atoms with Crippen molar-refractivity contribution in [3.05, 3.63) is 30.6 Å². The predicted molar refractivity (Wildman–Crippen MR) is 79.6 cm³/mol. The zero-order chi connectivity index (χ0) is 15.0. The number of likely N-dealkylation sites (tertiary alicyclic amines) is 1. The number of amides is 1. The van der Waals surface area contributed by atoms with E-state index in [-0.39, 0.29) is 12.5 Å². The molecule has 1 aliphatic heterocycles. The molecule has 0 N–H and O–H groups in total. The first kappa shape index (κ1) is 14.1. The minimum Gasteiger partial charge on any atom is -0.340 e. The van der Waals surface area contributed by atoms with Crippen LogP contribution >= 0.6 is 0 Å². The number of imidazole rings is 1. The van der Waals surface area contributed by atoms with E-state index in [1.807, 2.05) is 24.3 Å². The first-order chi connectivity index (χ1) is 9.95. The van der Waals surface area contributed by atoms with Gasteiger partial charge >= 0.3 is 0 Å². The molecule has 0 bridgehead atoms. The number of nitrogens with zero attached hydrogens (tertiary/aromatic N) is 3. The molecule has 1 atom stereocenters. The predicted octanol–water partition coefficient (Wildman–Crippen LogP) is 0.682. The molecule has 112 valence electrons. The van der Waals surface area contributed by atoms with Gasteiger partial charge in [-0.15, -0.1) is 0 Å². The summed E-state index contributed by atoms with van der Waals surface area (Å²) in [5.74, 6) is -0.0655. The lowest BCUT2D eigenvalue weighted by molar-refractivity contribution is -0.130. The lowest BCUT2D eigenvalue weighted by Gasteiger charge is -2.16. The number of fused-ring (bicyclic) bond motifs is 1. The van der Waals surface area contributed by atoms with E-state index in [9.17, 15) is 13.2 Å². The molecule has 0 spiro atoms. The van der Waals surface area contributed by atoms with Crippen LogP contribution < -0.4 is 0 Å². The van der Waals surface area contributed by atoms with Crippen LogP contribution in [0.1, 0.15) is 6.42 Å². The van der Waals surface area contributed by atoms with Gasteiger partial charge in [-0.05, 0) is 18.6 Å². The topological polar surface area (TPSA) is 72.3 Å². The Morgan fingerprint density at radius 1 is 1.38 bits per heavy atom. The van der Waals surface area contributed by atoms with Gasteiger partial charge in [-0.1, -0.05) is 12.1 Å². The van der Waals surface area contributed by atoms with Gasteiger partial charge in [0.25, 0.3) is 0 Å². The summed E-state index contributed by atoms with van der Waals surface area (Å²) in [6, 6.07) is 7.62. The van der Waals surface area contributed by atoms with E-state index in [1.54, 1.807) is 15.8 Å². The molecule has 7 heteroatoms. The van der Waals surface area contributed by atoms with E-state index < -0.39 is 15.1 Å². The maximum atomic E-state index is 12.3. The second-order valence-electron chi connectivity index (χ2n) is 5.44. The van der Waals surface area contributed by atoms with Crippen molar-refractivity contribution in [2.24, 2.45) is 0 Å². The Bertz CT molecular complexity index is 782. The molecule has 2 aromatic rings. The molecule has 1 aliphatic rings. The van der Waals surface area contributed by atoms with Gasteiger partial charge in [0.15, 0.2) is 9.84 Å². The van der Waals surface area contributed by atoms with Gasteiger partial charge in [-0.2, -0.15) is 0 Å². The number of carbonyl (C=O) groups excluding carboxylic acids is 1. The van der Waals surface area contributed by atoms with Crippen LogP contribution in [-0.2, 0) is 21.2 Å². The Kier molecular flexibility index (Phi) is 3.44. The molecule has 0 saturated carbocycles. The van der Waals surface area contributed by atoms with Gasteiger partial charge in [-0.3, -0.25) is 4.79 Å². The van der Waals surface area contributed by atoms with Crippen molar-refractivity contribution in [1.82, 2.24) is 14.5 Å². The van der Waals surface area contributed by atoms with Crippen LogP contribution in [-0.4, -0.2) is 53.4 Å². The number of aromatic nitrogens is 2. The zero-order valence-electron chi connectivity index (χ0n) is 11.8. The van der Waals surface area contributed by atoms with Crippen molar-refractivity contribution in [2.75, 3.05) is 19.3 Å². The van der Waals surface area contributed by atoms with Crippen molar-refractivity contribution < 1.29 is 13.2 Å². The molecular formula is C14H17N3O3S. The minimum atomic E-state index is -3.08. The fraction of sp³-hybridized carbons (Fsp3) is 0.429. The van der Waals surface area contributed by atoms with Crippen molar-refractivity contribution in [1.29, 1.82) is 0 Å². The Morgan fingerprint density at radius 2 is 2.14 bits per heavy atom. The number of sulfone groups is 1. The van der Waals surface area contributed by atoms with Crippen LogP contribution in [0.5, 0.6) is 0 Å². The summed E-state index contributed by atoms with van der Waals surface area (Å²) in [7, 11) is -3.08. The number of hydrogen-bond donors (Lipinski definition) is 0. The molecule has 1 aromatic heterocycles. The molecule has 2 heterocycles. The fourth-order valence-electron chi connectivity index (χ4n) is 2.69. The highest BCUT2D eigenvalue weighted by molar-refractivity contribution is 7.91. The van der Waals surface area contributed by atoms with Crippen LogP contribution in [0.25, 0.3) is 11.0 Å². The summed E-state index contributed by atoms with van der Waals surface area (Å²) in [4.78, 5) is 18.2. The zero-order valence-corrected chi connectivity index (χ0v) is 12.6. The molecule has 1 fully saturated rings. The fourth-order valence-corrected chi connectivity index (χ4v) is 3.67. The highest BCUT2D eigenvalue weighted by atomic mass is 32.2. The highest BCUT2D eigenvalue weighted by Gasteiger charge is 2.32. The largest absolute Gasteiger partial charge is 0.340 e. The monoisotopic (exact) mass is 307 g/mol. The van der Waals surface area contributed by atoms with E-state index in [0.717, 1.165) is 11.0 Å². The number of carbonyl (C=O) groups is 1. The lowest BCUT2D eigenvalue weighted by atomic mass is 10.3. The van der Waals surface area contributed by atoms with Crippen molar-refractivity contribution in [2.45, 2.75) is 18.2 Å². The van der Waals surface area contributed by atoms with Gasteiger partial charge in [0.2, 0.25) is 5.91 Å². The van der Waals surface area contributed by atoms with E-state index in [2.05, 4.69) is 4.98 Å². The van der Waals surface area contributed by atoms with Crippen LogP contribution in [0.4, 0.5) is 0 Å². The van der Waals surface area contributed by atoms with E-state index in [4.69, 9.17) is 0 Å². The Labute approximate surface area is 123 Å². The second kappa shape index (κ2) is 5.14. The van der Waals surface area contributed by atoms with Crippen molar-refractivity contribution in [3.8, 4) is 0 Å². The maximum absolute atomic E-state index is 12.3. The minimum absolute atomic E-state index is 0.0655. The van der Waals surface area contributed by atoms with Gasteiger partial charge < -0.3 is 9.47 Å². The number of para-hydroxylation sites is 2. The summed E-state index contributed by atoms with van der Waals surface area (Å²) in [5.41, 5.74) is 1.76. The first-order valence-electron chi connectivity index (χ1n) is 6.81. The van der Waals surface area contributed by atoms with Gasteiger partial charge in [0.05, 0.1) is 22.6 Å². The Morgan fingerprint density at radius 3 is 2.86 bits per heavy atom. The molecule has 0 radical (unpaired) electrons. The number of rotatable bonds is 3. The Hall–Kier alpha value is -1.89. The molecule has 1 saturated heterocycles. The van der Waals surface area contributed by atoms with Crippen molar-refractivity contribution in [3.63, 3.8) is 0 Å². The van der Waals surface area contributed by atoms with E-state index in [1.165, 1.54) is 6.26 Å². The molecule has 3 rings (SSSR count). The SMILES string of the molecule is CS(=O)(=O)C1CCN(C(=O)Cn2cnc3ccccc32)C1. The van der Waals surface area contributed by atoms with Crippen LogP contribution in [0.15, 0.2) is 30.6 Å². The molecule has 1 aromatic carbocycles. The molecular weight excluding hydrogens is 290 g/mol. The Balaban J connectivity index is 1.73. The number of benzene rings is 1. The highest BCUT2D eigenvalue weighted by Crippen LogP contribution is 2.18. The van der Waals surface area contributed by atoms with Crippen molar-refractivity contribution >= 4 is 26.8 Å².